The van der Waals surface area contributed by atoms with Crippen LogP contribution in [0.25, 0.3) is 0 Å². The first-order chi connectivity index (χ1) is 14.3. The van der Waals surface area contributed by atoms with Crippen LogP contribution in [0.1, 0.15) is 55.5 Å². The first kappa shape index (κ1) is 25.5. The van der Waals surface area contributed by atoms with Gasteiger partial charge in [-0.1, -0.05) is 32.9 Å². The second-order valence-electron chi connectivity index (χ2n) is 7.13. The largest absolute Gasteiger partial charge is 0.507 e. The van der Waals surface area contributed by atoms with Crippen molar-refractivity contribution in [1.29, 1.82) is 0 Å². The lowest BCUT2D eigenvalue weighted by atomic mass is 10.00. The molecule has 2 aromatic carbocycles. The number of hydrogen-bond donors (Lipinski definition) is 2. The minimum absolute atomic E-state index is 0.227. The highest BCUT2D eigenvalue weighted by molar-refractivity contribution is 5.76. The number of aromatic hydroxyl groups is 1. The number of phenols is 1. The third-order valence-corrected chi connectivity index (χ3v) is 4.67. The highest BCUT2D eigenvalue weighted by Gasteiger charge is 2.20. The Morgan fingerprint density at radius 1 is 0.967 bits per heavy atom. The average molecular weight is 416 g/mol. The van der Waals surface area contributed by atoms with Crippen LogP contribution in [-0.2, 0) is 16.0 Å². The molecule has 2 aromatic rings. The Labute approximate surface area is 181 Å². The molecule has 1 unspecified atom stereocenters. The highest BCUT2D eigenvalue weighted by Crippen LogP contribution is 2.34. The molecule has 0 saturated carbocycles. The standard InChI is InChI=1S/C23H31NO4.C2H6/c1-7-24-20(23(26)27-8-2)13-18-9-16(5)22(17(6)10-18)28-19-11-14(3)21(25)15(4)12-19;1-2/h9-12,20,24-25H,7-8,13H2,1-6H3;1-2H3. The third kappa shape index (κ3) is 6.77. The van der Waals surface area contributed by atoms with Gasteiger partial charge in [-0.05, 0) is 87.5 Å². The lowest BCUT2D eigenvalue weighted by Gasteiger charge is -2.19. The summed E-state index contributed by atoms with van der Waals surface area (Å²) in [5, 5.41) is 13.2. The predicted molar refractivity (Wildman–Crippen MR) is 123 cm³/mol. The van der Waals surface area contributed by atoms with Gasteiger partial charge in [-0.3, -0.25) is 4.79 Å². The number of carbonyl (C=O) groups is 1. The van der Waals surface area contributed by atoms with Gasteiger partial charge < -0.3 is 19.9 Å². The van der Waals surface area contributed by atoms with Crippen molar-refractivity contribution in [2.45, 2.75) is 67.9 Å². The number of ether oxygens (including phenoxy) is 2. The molecule has 166 valence electrons. The van der Waals surface area contributed by atoms with Gasteiger partial charge in [0, 0.05) is 0 Å². The van der Waals surface area contributed by atoms with Gasteiger partial charge in [0.25, 0.3) is 0 Å². The van der Waals surface area contributed by atoms with Gasteiger partial charge in [0.1, 0.15) is 23.3 Å². The Bertz CT molecular complexity index is 799. The first-order valence-electron chi connectivity index (χ1n) is 10.7. The van der Waals surface area contributed by atoms with Crippen LogP contribution in [0.15, 0.2) is 24.3 Å². The van der Waals surface area contributed by atoms with Gasteiger partial charge in [-0.2, -0.15) is 0 Å². The molecule has 0 heterocycles. The highest BCUT2D eigenvalue weighted by atomic mass is 16.5. The van der Waals surface area contributed by atoms with Gasteiger partial charge >= 0.3 is 5.97 Å². The molecule has 5 heteroatoms. The zero-order valence-electron chi connectivity index (χ0n) is 19.7. The monoisotopic (exact) mass is 415 g/mol. The van der Waals surface area contributed by atoms with Crippen LogP contribution in [0.2, 0.25) is 0 Å². The number of carbonyl (C=O) groups excluding carboxylic acids is 1. The molecule has 0 radical (unpaired) electrons. The zero-order valence-corrected chi connectivity index (χ0v) is 19.7. The van der Waals surface area contributed by atoms with E-state index in [4.69, 9.17) is 9.47 Å². The maximum absolute atomic E-state index is 12.2. The minimum Gasteiger partial charge on any atom is -0.507 e. The molecule has 0 spiro atoms. The Hall–Kier alpha value is -2.53. The van der Waals surface area contributed by atoms with Crippen molar-refractivity contribution in [2.24, 2.45) is 0 Å². The second kappa shape index (κ2) is 12.2. The van der Waals surface area contributed by atoms with E-state index in [0.717, 1.165) is 33.6 Å². The second-order valence-corrected chi connectivity index (χ2v) is 7.13. The van der Waals surface area contributed by atoms with Crippen molar-refractivity contribution in [3.63, 3.8) is 0 Å². The van der Waals surface area contributed by atoms with E-state index in [0.29, 0.717) is 31.1 Å². The van der Waals surface area contributed by atoms with Crippen molar-refractivity contribution in [3.05, 3.63) is 52.1 Å². The summed E-state index contributed by atoms with van der Waals surface area (Å²) in [4.78, 5) is 12.2. The average Bonchev–Trinajstić information content (AvgIpc) is 2.70. The van der Waals surface area contributed by atoms with Crippen LogP contribution in [0.5, 0.6) is 17.2 Å². The maximum Gasteiger partial charge on any atom is 0.323 e. The molecule has 30 heavy (non-hydrogen) atoms. The van der Waals surface area contributed by atoms with E-state index in [1.54, 1.807) is 0 Å². The number of aryl methyl sites for hydroxylation is 4. The van der Waals surface area contributed by atoms with Gasteiger partial charge in [-0.15, -0.1) is 0 Å². The van der Waals surface area contributed by atoms with E-state index < -0.39 is 0 Å². The predicted octanol–water partition coefficient (Wildman–Crippen LogP) is 5.53. The summed E-state index contributed by atoms with van der Waals surface area (Å²) in [6.07, 6.45) is 0.562. The van der Waals surface area contributed by atoms with Crippen LogP contribution in [-0.4, -0.2) is 30.3 Å². The number of benzene rings is 2. The summed E-state index contributed by atoms with van der Waals surface area (Å²) in [5.41, 5.74) is 4.61. The fraction of sp³-hybridized carbons (Fsp3) is 0.480. The SMILES string of the molecule is CC.CCNC(Cc1cc(C)c(Oc2cc(C)c(O)c(C)c2)c(C)c1)C(=O)OCC. The number of rotatable bonds is 8. The van der Waals surface area contributed by atoms with Crippen molar-refractivity contribution in [2.75, 3.05) is 13.2 Å². The van der Waals surface area contributed by atoms with Crippen LogP contribution in [0.3, 0.4) is 0 Å². The molecule has 0 fully saturated rings. The summed E-state index contributed by atoms with van der Waals surface area (Å²) in [7, 11) is 0. The molecule has 0 bridgehead atoms. The molecule has 2 rings (SSSR count). The minimum atomic E-state index is -0.363. The molecule has 2 N–H and O–H groups in total. The summed E-state index contributed by atoms with van der Waals surface area (Å²) < 4.78 is 11.3. The van der Waals surface area contributed by atoms with Crippen molar-refractivity contribution in [3.8, 4) is 17.2 Å². The molecule has 0 aliphatic heterocycles. The fourth-order valence-electron chi connectivity index (χ4n) is 3.38. The Morgan fingerprint density at radius 3 is 1.97 bits per heavy atom. The van der Waals surface area contributed by atoms with E-state index in [-0.39, 0.29) is 12.0 Å². The van der Waals surface area contributed by atoms with Crippen molar-refractivity contribution in [1.82, 2.24) is 5.32 Å². The molecular weight excluding hydrogens is 378 g/mol. The quantitative estimate of drug-likeness (QED) is 0.555. The smallest absolute Gasteiger partial charge is 0.323 e. The number of nitrogens with one attached hydrogen (secondary N) is 1. The molecule has 0 amide bonds. The summed E-state index contributed by atoms with van der Waals surface area (Å²) in [6.45, 7) is 16.6. The van der Waals surface area contributed by atoms with Crippen LogP contribution >= 0.6 is 0 Å². The Balaban J connectivity index is 0.00000218. The van der Waals surface area contributed by atoms with Crippen LogP contribution in [0.4, 0.5) is 0 Å². The normalized spacial score (nSPS) is 11.3. The van der Waals surface area contributed by atoms with E-state index in [2.05, 4.69) is 5.32 Å². The fourth-order valence-corrected chi connectivity index (χ4v) is 3.38. The number of phenolic OH excluding ortho intramolecular Hbond substituents is 1. The summed E-state index contributed by atoms with van der Waals surface area (Å²) in [5.74, 6) is 1.56. The van der Waals surface area contributed by atoms with Gasteiger partial charge in [-0.25, -0.2) is 0 Å². The van der Waals surface area contributed by atoms with Crippen molar-refractivity contribution < 1.29 is 19.4 Å². The van der Waals surface area contributed by atoms with Crippen LogP contribution < -0.4 is 10.1 Å². The van der Waals surface area contributed by atoms with Gasteiger partial charge in [0.2, 0.25) is 0 Å². The molecule has 5 nitrogen and oxygen atoms in total. The maximum atomic E-state index is 12.2. The van der Waals surface area contributed by atoms with E-state index in [9.17, 15) is 9.90 Å². The zero-order chi connectivity index (χ0) is 22.8. The lowest BCUT2D eigenvalue weighted by molar-refractivity contribution is -0.145. The molecular formula is C25H37NO4. The van der Waals surface area contributed by atoms with E-state index in [1.165, 1.54) is 0 Å². The molecule has 0 saturated heterocycles. The topological polar surface area (TPSA) is 67.8 Å². The number of hydrogen-bond acceptors (Lipinski definition) is 5. The van der Waals surface area contributed by atoms with Gasteiger partial charge in [0.15, 0.2) is 0 Å². The molecule has 1 atom stereocenters. The Kier molecular flexibility index (Phi) is 10.4. The molecule has 0 aliphatic carbocycles. The van der Waals surface area contributed by atoms with Crippen molar-refractivity contribution >= 4 is 5.97 Å². The van der Waals surface area contributed by atoms with E-state index in [1.807, 2.05) is 79.7 Å². The third-order valence-electron chi connectivity index (χ3n) is 4.67. The van der Waals surface area contributed by atoms with E-state index >= 15 is 0 Å². The summed E-state index contributed by atoms with van der Waals surface area (Å²) in [6, 6.07) is 7.39. The lowest BCUT2D eigenvalue weighted by Crippen LogP contribution is -2.39. The Morgan fingerprint density at radius 2 is 1.50 bits per heavy atom. The number of esters is 1. The van der Waals surface area contributed by atoms with Gasteiger partial charge in [0.05, 0.1) is 6.61 Å². The summed E-state index contributed by atoms with van der Waals surface area (Å²) >= 11 is 0. The first-order valence-corrected chi connectivity index (χ1v) is 10.7. The molecule has 0 aliphatic rings. The number of likely N-dealkylation sites (N-methyl/N-ethyl adjacent to an activating group) is 1. The molecule has 0 aromatic heterocycles. The van der Waals surface area contributed by atoms with Crippen LogP contribution in [0, 0.1) is 27.7 Å².